The molecule has 1 aliphatic rings. The maximum atomic E-state index is 13.3. The first-order valence-corrected chi connectivity index (χ1v) is 13.1. The predicted octanol–water partition coefficient (Wildman–Crippen LogP) is 7.96. The molecule has 3 aromatic carbocycles. The van der Waals surface area contributed by atoms with Gasteiger partial charge in [-0.1, -0.05) is 52.5 Å². The zero-order valence-electron chi connectivity index (χ0n) is 20.7. The van der Waals surface area contributed by atoms with Crippen LogP contribution < -0.4 is 19.7 Å². The number of rotatable bonds is 7. The number of benzene rings is 3. The van der Waals surface area contributed by atoms with Crippen molar-refractivity contribution in [1.29, 1.82) is 0 Å². The molecule has 4 rings (SSSR count). The van der Waals surface area contributed by atoms with Crippen LogP contribution >= 0.6 is 46.4 Å². The van der Waals surface area contributed by atoms with Gasteiger partial charge in [0.1, 0.15) is 12.2 Å². The lowest BCUT2D eigenvalue weighted by molar-refractivity contribution is -0.137. The average Bonchev–Trinajstić information content (AvgIpc) is 2.87. The molecular weight excluding hydrogens is 631 g/mol. The van der Waals surface area contributed by atoms with Crippen LogP contribution in [-0.4, -0.2) is 24.5 Å². The molecule has 0 radical (unpaired) electrons. The molecule has 1 N–H and O–H groups in total. The van der Waals surface area contributed by atoms with Gasteiger partial charge < -0.3 is 9.47 Å². The Bertz CT molecular complexity index is 1590. The van der Waals surface area contributed by atoms with Gasteiger partial charge in [0.25, 0.3) is 11.8 Å². The van der Waals surface area contributed by atoms with Crippen molar-refractivity contribution in [2.24, 2.45) is 0 Å². The number of hydrogen-bond donors (Lipinski definition) is 1. The van der Waals surface area contributed by atoms with Crippen molar-refractivity contribution in [2.75, 3.05) is 11.5 Å². The van der Waals surface area contributed by atoms with E-state index >= 15 is 0 Å². The molecule has 4 amide bonds. The van der Waals surface area contributed by atoms with Gasteiger partial charge in [0, 0.05) is 15.6 Å². The van der Waals surface area contributed by atoms with E-state index in [1.807, 2.05) is 5.32 Å². The Kier molecular flexibility index (Phi) is 9.08. The van der Waals surface area contributed by atoms with Crippen LogP contribution in [-0.2, 0) is 22.4 Å². The van der Waals surface area contributed by atoms with Crippen LogP contribution in [0, 0.1) is 0 Å². The summed E-state index contributed by atoms with van der Waals surface area (Å²) in [7, 11) is 0. The second-order valence-electron chi connectivity index (χ2n) is 8.41. The van der Waals surface area contributed by atoms with Crippen LogP contribution in [0.1, 0.15) is 23.6 Å². The molecule has 7 nitrogen and oxygen atoms in total. The summed E-state index contributed by atoms with van der Waals surface area (Å²) in [6, 6.07) is 8.52. The third-order valence-corrected chi connectivity index (χ3v) is 6.83. The normalized spacial score (nSPS) is 14.9. The van der Waals surface area contributed by atoms with E-state index in [0.717, 1.165) is 12.1 Å². The zero-order valence-corrected chi connectivity index (χ0v) is 23.8. The van der Waals surface area contributed by atoms with Crippen molar-refractivity contribution in [3.05, 3.63) is 90.9 Å². The molecule has 0 saturated carbocycles. The van der Waals surface area contributed by atoms with Crippen molar-refractivity contribution in [2.45, 2.75) is 19.7 Å². The molecule has 0 bridgehead atoms. The summed E-state index contributed by atoms with van der Waals surface area (Å²) in [6.07, 6.45) is -3.68. The molecule has 214 valence electrons. The molecule has 0 aromatic heterocycles. The van der Waals surface area contributed by atoms with Gasteiger partial charge in [-0.15, -0.1) is 0 Å². The van der Waals surface area contributed by atoms with Gasteiger partial charge in [0.05, 0.1) is 27.9 Å². The quantitative estimate of drug-likeness (QED) is 0.208. The fraction of sp³-hybridized carbons (Fsp3) is 0.148. The molecule has 0 spiro atoms. The van der Waals surface area contributed by atoms with Gasteiger partial charge in [-0.25, -0.2) is 9.69 Å². The van der Waals surface area contributed by atoms with Gasteiger partial charge >= 0.3 is 12.2 Å². The first-order chi connectivity index (χ1) is 19.3. The molecule has 0 unspecified atom stereocenters. The molecule has 3 aromatic rings. The van der Waals surface area contributed by atoms with Gasteiger partial charge in [-0.3, -0.25) is 14.9 Å². The first kappa shape index (κ1) is 30.5. The number of nitrogens with zero attached hydrogens (tertiary/aromatic N) is 1. The lowest BCUT2D eigenvalue weighted by Gasteiger charge is -2.27. The number of carbonyl (C=O) groups excluding carboxylic acids is 3. The molecule has 1 heterocycles. The van der Waals surface area contributed by atoms with E-state index < -0.39 is 40.8 Å². The van der Waals surface area contributed by atoms with Crippen molar-refractivity contribution in [3.8, 4) is 11.5 Å². The second-order valence-corrected chi connectivity index (χ2v) is 10.1. The van der Waals surface area contributed by atoms with E-state index in [1.54, 1.807) is 25.1 Å². The highest BCUT2D eigenvalue weighted by atomic mass is 35.5. The second kappa shape index (κ2) is 12.2. The minimum Gasteiger partial charge on any atom is -0.490 e. The Hall–Kier alpha value is -3.44. The van der Waals surface area contributed by atoms with Crippen LogP contribution in [0.5, 0.6) is 11.5 Å². The highest BCUT2D eigenvalue weighted by molar-refractivity contribution is 6.42. The monoisotopic (exact) mass is 646 g/mol. The Morgan fingerprint density at radius 2 is 1.63 bits per heavy atom. The Morgan fingerprint density at radius 3 is 2.29 bits per heavy atom. The number of amides is 4. The average molecular weight is 648 g/mol. The maximum absolute atomic E-state index is 13.3. The van der Waals surface area contributed by atoms with Crippen molar-refractivity contribution >= 4 is 76.0 Å². The maximum Gasteiger partial charge on any atom is 0.416 e. The summed E-state index contributed by atoms with van der Waals surface area (Å²) in [4.78, 5) is 38.8. The summed E-state index contributed by atoms with van der Waals surface area (Å²) in [6.45, 7) is 1.91. The van der Waals surface area contributed by atoms with Crippen LogP contribution in [0.15, 0.2) is 54.1 Å². The summed E-state index contributed by atoms with van der Waals surface area (Å²) < 4.78 is 51.3. The minimum absolute atomic E-state index is 0.00590. The topological polar surface area (TPSA) is 84.9 Å². The lowest BCUT2D eigenvalue weighted by Crippen LogP contribution is -2.54. The van der Waals surface area contributed by atoms with Gasteiger partial charge in [0.2, 0.25) is 0 Å². The SMILES string of the molecule is CCOc1cc(/C=C2/C(=O)NC(=O)N(c3cc(C(F)(F)F)ccc3Cl)C2=O)cc(Cl)c1OCc1ccc(Cl)cc1Cl. The number of anilines is 1. The number of nitrogens with one attached hydrogen (secondary N) is 1. The van der Waals surface area contributed by atoms with Crippen molar-refractivity contribution < 1.29 is 37.0 Å². The molecule has 41 heavy (non-hydrogen) atoms. The van der Waals surface area contributed by atoms with E-state index in [-0.39, 0.29) is 40.3 Å². The molecule has 1 aliphatic heterocycles. The number of hydrogen-bond acceptors (Lipinski definition) is 5. The first-order valence-electron chi connectivity index (χ1n) is 11.6. The number of halogens is 7. The summed E-state index contributed by atoms with van der Waals surface area (Å²) in [5.41, 5.74) is -1.47. The van der Waals surface area contributed by atoms with E-state index in [1.165, 1.54) is 12.1 Å². The fourth-order valence-electron chi connectivity index (χ4n) is 3.77. The van der Waals surface area contributed by atoms with E-state index in [2.05, 4.69) is 0 Å². The smallest absolute Gasteiger partial charge is 0.416 e. The number of barbiturate groups is 1. The highest BCUT2D eigenvalue weighted by Gasteiger charge is 2.39. The molecule has 1 saturated heterocycles. The number of imide groups is 2. The summed E-state index contributed by atoms with van der Waals surface area (Å²) in [5.74, 6) is -1.97. The third-order valence-electron chi connectivity index (χ3n) is 5.65. The van der Waals surface area contributed by atoms with Crippen LogP contribution in [0.3, 0.4) is 0 Å². The third kappa shape index (κ3) is 6.73. The largest absolute Gasteiger partial charge is 0.490 e. The van der Waals surface area contributed by atoms with Crippen molar-refractivity contribution in [3.63, 3.8) is 0 Å². The number of urea groups is 1. The fourth-order valence-corrected chi connectivity index (χ4v) is 4.70. The van der Waals surface area contributed by atoms with Crippen molar-refractivity contribution in [1.82, 2.24) is 5.32 Å². The van der Waals surface area contributed by atoms with Crippen LogP contribution in [0.25, 0.3) is 6.08 Å². The van der Waals surface area contributed by atoms with Gasteiger partial charge in [-0.05, 0) is 61.0 Å². The number of ether oxygens (including phenoxy) is 2. The predicted molar refractivity (Wildman–Crippen MR) is 149 cm³/mol. The standard InChI is InChI=1S/C27H17Cl4F3N2O5/c1-2-40-22-9-13(8-20(31)23(22)41-12-14-3-5-16(28)11-19(14)30)7-17-24(37)35-26(39)36(25(17)38)21-10-15(27(32,33)34)4-6-18(21)29/h3-11H,2,12H2,1H3,(H,35,37,39)/b17-7-. The molecular formula is C27H17Cl4F3N2O5. The van der Waals surface area contributed by atoms with Crippen LogP contribution in [0.4, 0.5) is 23.7 Å². The van der Waals surface area contributed by atoms with E-state index in [0.29, 0.717) is 32.6 Å². The number of alkyl halides is 3. The lowest BCUT2D eigenvalue weighted by atomic mass is 10.1. The Morgan fingerprint density at radius 1 is 0.902 bits per heavy atom. The molecule has 0 atom stereocenters. The van der Waals surface area contributed by atoms with Crippen LogP contribution in [0.2, 0.25) is 20.1 Å². The summed E-state index contributed by atoms with van der Waals surface area (Å²) >= 11 is 24.6. The Balaban J connectivity index is 1.70. The van der Waals surface area contributed by atoms with Gasteiger partial charge in [0.15, 0.2) is 11.5 Å². The highest BCUT2D eigenvalue weighted by Crippen LogP contribution is 2.40. The molecule has 1 fully saturated rings. The molecule has 14 heteroatoms. The van der Waals surface area contributed by atoms with Gasteiger partial charge in [-0.2, -0.15) is 13.2 Å². The van der Waals surface area contributed by atoms with E-state index in [9.17, 15) is 27.6 Å². The minimum atomic E-state index is -4.78. The number of carbonyl (C=O) groups is 3. The molecule has 0 aliphatic carbocycles. The Labute approximate surface area is 251 Å². The zero-order chi connectivity index (χ0) is 30.1. The van der Waals surface area contributed by atoms with E-state index in [4.69, 9.17) is 55.9 Å². The summed E-state index contributed by atoms with van der Waals surface area (Å²) in [5, 5.41) is 2.48.